The van der Waals surface area contributed by atoms with Gasteiger partial charge >= 0.3 is 6.03 Å². The number of rotatable bonds is 5. The summed E-state index contributed by atoms with van der Waals surface area (Å²) in [5, 5.41) is 6.06. The highest BCUT2D eigenvalue weighted by atomic mass is 16.2. The lowest BCUT2D eigenvalue weighted by atomic mass is 10.1. The number of urea groups is 1. The van der Waals surface area contributed by atoms with E-state index in [4.69, 9.17) is 0 Å². The number of carbonyl (C=O) groups is 1. The molecule has 126 valence electrons. The van der Waals surface area contributed by atoms with E-state index in [-0.39, 0.29) is 6.03 Å². The first-order valence-electron chi connectivity index (χ1n) is 8.74. The molecular formula is C18H28N4O. The first-order valence-corrected chi connectivity index (χ1v) is 8.74. The Kier molecular flexibility index (Phi) is 5.39. The number of hydrogen-bond acceptors (Lipinski definition) is 3. The Bertz CT molecular complexity index is 507. The normalized spacial score (nSPS) is 24.8. The van der Waals surface area contributed by atoms with E-state index in [9.17, 15) is 4.79 Å². The number of benzene rings is 1. The molecule has 0 aromatic heterocycles. The summed E-state index contributed by atoms with van der Waals surface area (Å²) >= 11 is 0. The van der Waals surface area contributed by atoms with Crippen LogP contribution in [0.2, 0.25) is 0 Å². The Balaban J connectivity index is 1.35. The SMILES string of the molecule is CN1CCCC1CNC(=O)NCC1CCN(c2ccccc2)C1. The van der Waals surface area contributed by atoms with Crippen molar-refractivity contribution in [1.82, 2.24) is 15.5 Å². The molecule has 0 aliphatic carbocycles. The molecule has 0 saturated carbocycles. The molecule has 2 atom stereocenters. The highest BCUT2D eigenvalue weighted by molar-refractivity contribution is 5.73. The first kappa shape index (κ1) is 16.1. The van der Waals surface area contributed by atoms with Gasteiger partial charge in [0.25, 0.3) is 0 Å². The van der Waals surface area contributed by atoms with Gasteiger partial charge in [0.05, 0.1) is 0 Å². The molecule has 1 aromatic carbocycles. The number of amides is 2. The van der Waals surface area contributed by atoms with Gasteiger partial charge in [-0.2, -0.15) is 0 Å². The first-order chi connectivity index (χ1) is 11.2. The number of nitrogens with zero attached hydrogens (tertiary/aromatic N) is 2. The average Bonchev–Trinajstić information content (AvgIpc) is 3.21. The van der Waals surface area contributed by atoms with Crippen molar-refractivity contribution in [3.63, 3.8) is 0 Å². The lowest BCUT2D eigenvalue weighted by Crippen LogP contribution is -2.44. The largest absolute Gasteiger partial charge is 0.371 e. The lowest BCUT2D eigenvalue weighted by molar-refractivity contribution is 0.233. The van der Waals surface area contributed by atoms with Gasteiger partial charge < -0.3 is 20.4 Å². The smallest absolute Gasteiger partial charge is 0.314 e. The van der Waals surface area contributed by atoms with Crippen LogP contribution in [0.3, 0.4) is 0 Å². The number of para-hydroxylation sites is 1. The number of likely N-dealkylation sites (tertiary alicyclic amines) is 1. The summed E-state index contributed by atoms with van der Waals surface area (Å²) in [4.78, 5) is 16.7. The summed E-state index contributed by atoms with van der Waals surface area (Å²) in [5.74, 6) is 0.537. The zero-order valence-corrected chi connectivity index (χ0v) is 14.0. The minimum atomic E-state index is -0.0246. The van der Waals surface area contributed by atoms with Crippen molar-refractivity contribution in [2.24, 2.45) is 5.92 Å². The van der Waals surface area contributed by atoms with Gasteiger partial charge in [-0.15, -0.1) is 0 Å². The van der Waals surface area contributed by atoms with Crippen LogP contribution in [0.4, 0.5) is 10.5 Å². The van der Waals surface area contributed by atoms with Crippen molar-refractivity contribution in [3.05, 3.63) is 30.3 Å². The van der Waals surface area contributed by atoms with Gasteiger partial charge in [-0.3, -0.25) is 0 Å². The molecular weight excluding hydrogens is 288 g/mol. The van der Waals surface area contributed by atoms with Crippen LogP contribution in [-0.2, 0) is 0 Å². The fourth-order valence-electron chi connectivity index (χ4n) is 3.62. The molecule has 5 heteroatoms. The van der Waals surface area contributed by atoms with Crippen LogP contribution in [0.15, 0.2) is 30.3 Å². The molecule has 5 nitrogen and oxygen atoms in total. The van der Waals surface area contributed by atoms with E-state index in [2.05, 4.69) is 51.7 Å². The van der Waals surface area contributed by atoms with Crippen molar-refractivity contribution in [1.29, 1.82) is 0 Å². The lowest BCUT2D eigenvalue weighted by Gasteiger charge is -2.20. The summed E-state index contributed by atoms with van der Waals surface area (Å²) in [6.45, 7) is 4.75. The summed E-state index contributed by atoms with van der Waals surface area (Å²) in [7, 11) is 2.13. The third kappa shape index (κ3) is 4.38. The van der Waals surface area contributed by atoms with Gasteiger partial charge in [-0.25, -0.2) is 4.79 Å². The minimum absolute atomic E-state index is 0.0246. The van der Waals surface area contributed by atoms with Crippen LogP contribution in [-0.4, -0.2) is 56.7 Å². The van der Waals surface area contributed by atoms with Crippen molar-refractivity contribution in [2.45, 2.75) is 25.3 Å². The quantitative estimate of drug-likeness (QED) is 0.872. The summed E-state index contributed by atoms with van der Waals surface area (Å²) in [6, 6.07) is 11.0. The van der Waals surface area contributed by atoms with Crippen LogP contribution in [0.5, 0.6) is 0 Å². The van der Waals surface area contributed by atoms with Gasteiger partial charge in [-0.1, -0.05) is 18.2 Å². The molecule has 2 N–H and O–H groups in total. The summed E-state index contributed by atoms with van der Waals surface area (Å²) in [5.41, 5.74) is 1.28. The van der Waals surface area contributed by atoms with Crippen molar-refractivity contribution in [3.8, 4) is 0 Å². The molecule has 2 amide bonds. The second kappa shape index (κ2) is 7.68. The van der Waals surface area contributed by atoms with Crippen LogP contribution < -0.4 is 15.5 Å². The number of carbonyl (C=O) groups excluding carboxylic acids is 1. The van der Waals surface area contributed by atoms with Gasteiger partial charge in [0.1, 0.15) is 0 Å². The second-order valence-electron chi connectivity index (χ2n) is 6.80. The molecule has 23 heavy (non-hydrogen) atoms. The fourth-order valence-corrected chi connectivity index (χ4v) is 3.62. The zero-order valence-electron chi connectivity index (χ0n) is 14.0. The van der Waals surface area contributed by atoms with E-state index in [0.29, 0.717) is 12.0 Å². The maximum Gasteiger partial charge on any atom is 0.314 e. The molecule has 2 fully saturated rings. The molecule has 1 aromatic rings. The van der Waals surface area contributed by atoms with Crippen LogP contribution in [0.25, 0.3) is 0 Å². The van der Waals surface area contributed by atoms with Crippen molar-refractivity contribution < 1.29 is 4.79 Å². The van der Waals surface area contributed by atoms with E-state index in [1.165, 1.54) is 18.5 Å². The molecule has 0 radical (unpaired) electrons. The van der Waals surface area contributed by atoms with Gasteiger partial charge in [-0.05, 0) is 50.9 Å². The number of hydrogen-bond donors (Lipinski definition) is 2. The topological polar surface area (TPSA) is 47.6 Å². The Morgan fingerprint density at radius 1 is 1.13 bits per heavy atom. The molecule has 2 saturated heterocycles. The standard InChI is InChI=1S/C18H28N4O/c1-21-10-5-8-17(21)13-20-18(23)19-12-15-9-11-22(14-15)16-6-3-2-4-7-16/h2-4,6-7,15,17H,5,8-14H2,1H3,(H2,19,20,23). The maximum absolute atomic E-state index is 12.0. The molecule has 2 aliphatic heterocycles. The fraction of sp³-hybridized carbons (Fsp3) is 0.611. The molecule has 2 aliphatic rings. The highest BCUT2D eigenvalue weighted by Gasteiger charge is 2.24. The highest BCUT2D eigenvalue weighted by Crippen LogP contribution is 2.22. The Morgan fingerprint density at radius 3 is 2.65 bits per heavy atom. The van der Waals surface area contributed by atoms with Gasteiger partial charge in [0, 0.05) is 37.9 Å². The van der Waals surface area contributed by atoms with Gasteiger partial charge in [0.2, 0.25) is 0 Å². The van der Waals surface area contributed by atoms with Crippen LogP contribution in [0, 0.1) is 5.92 Å². The third-order valence-electron chi connectivity index (χ3n) is 5.13. The van der Waals surface area contributed by atoms with Crippen molar-refractivity contribution >= 4 is 11.7 Å². The number of anilines is 1. The average molecular weight is 316 g/mol. The summed E-state index contributed by atoms with van der Waals surface area (Å²) in [6.07, 6.45) is 3.56. The van der Waals surface area contributed by atoms with E-state index < -0.39 is 0 Å². The Labute approximate surface area is 139 Å². The van der Waals surface area contributed by atoms with Gasteiger partial charge in [0.15, 0.2) is 0 Å². The van der Waals surface area contributed by atoms with E-state index in [0.717, 1.165) is 39.1 Å². The zero-order chi connectivity index (χ0) is 16.1. The minimum Gasteiger partial charge on any atom is -0.371 e. The third-order valence-corrected chi connectivity index (χ3v) is 5.13. The Morgan fingerprint density at radius 2 is 1.91 bits per heavy atom. The van der Waals surface area contributed by atoms with Crippen LogP contribution in [0.1, 0.15) is 19.3 Å². The molecule has 0 spiro atoms. The molecule has 0 bridgehead atoms. The number of nitrogens with one attached hydrogen (secondary N) is 2. The summed E-state index contributed by atoms with van der Waals surface area (Å²) < 4.78 is 0. The maximum atomic E-state index is 12.0. The number of likely N-dealkylation sites (N-methyl/N-ethyl adjacent to an activating group) is 1. The van der Waals surface area contributed by atoms with E-state index in [1.54, 1.807) is 0 Å². The predicted molar refractivity (Wildman–Crippen MR) is 93.8 cm³/mol. The van der Waals surface area contributed by atoms with Crippen molar-refractivity contribution in [2.75, 3.05) is 44.7 Å². The Hall–Kier alpha value is -1.75. The molecule has 2 heterocycles. The van der Waals surface area contributed by atoms with Crippen LogP contribution >= 0.6 is 0 Å². The molecule has 2 unspecified atom stereocenters. The monoisotopic (exact) mass is 316 g/mol. The predicted octanol–water partition coefficient (Wildman–Crippen LogP) is 1.91. The van der Waals surface area contributed by atoms with E-state index in [1.807, 2.05) is 6.07 Å². The molecule has 3 rings (SSSR count). The van der Waals surface area contributed by atoms with E-state index >= 15 is 0 Å². The second-order valence-corrected chi connectivity index (χ2v) is 6.80.